The molecule has 0 bridgehead atoms. The zero-order valence-electron chi connectivity index (χ0n) is 16.5. The minimum Gasteiger partial charge on any atom is -0.503 e. The van der Waals surface area contributed by atoms with Crippen molar-refractivity contribution in [1.82, 2.24) is 9.80 Å². The SMILES string of the molecule is O=C(/C=C/c1ccco1)C1=C(O)C(=O)N(CCCN2CCOCC2)[C@H]1c1ccco1. The molecule has 1 atom stereocenters. The molecule has 1 saturated heterocycles. The van der Waals surface area contributed by atoms with Gasteiger partial charge in [0.05, 0.1) is 31.3 Å². The lowest BCUT2D eigenvalue weighted by molar-refractivity contribution is -0.129. The molecule has 0 aliphatic carbocycles. The molecule has 4 heterocycles. The topological polar surface area (TPSA) is 96.4 Å². The third kappa shape index (κ3) is 4.24. The normalized spacial score (nSPS) is 20.6. The molecule has 8 nitrogen and oxygen atoms in total. The predicted octanol–water partition coefficient (Wildman–Crippen LogP) is 2.57. The number of hydrogen-bond acceptors (Lipinski definition) is 7. The van der Waals surface area contributed by atoms with Crippen molar-refractivity contribution >= 4 is 17.8 Å². The Morgan fingerprint density at radius 3 is 2.60 bits per heavy atom. The van der Waals surface area contributed by atoms with Gasteiger partial charge in [0.15, 0.2) is 11.5 Å². The molecule has 0 spiro atoms. The maximum atomic E-state index is 12.9. The monoisotopic (exact) mass is 412 g/mol. The maximum absolute atomic E-state index is 12.9. The molecule has 2 aliphatic heterocycles. The minimum absolute atomic E-state index is 0.0177. The van der Waals surface area contributed by atoms with Crippen LogP contribution in [0.4, 0.5) is 0 Å². The van der Waals surface area contributed by atoms with Crippen molar-refractivity contribution < 1.29 is 28.3 Å². The lowest BCUT2D eigenvalue weighted by Crippen LogP contribution is -2.39. The Morgan fingerprint density at radius 2 is 1.90 bits per heavy atom. The highest BCUT2D eigenvalue weighted by molar-refractivity contribution is 6.14. The molecule has 8 heteroatoms. The Labute approximate surface area is 174 Å². The fraction of sp³-hybridized carbons (Fsp3) is 0.364. The van der Waals surface area contributed by atoms with Gasteiger partial charge >= 0.3 is 0 Å². The van der Waals surface area contributed by atoms with E-state index >= 15 is 0 Å². The van der Waals surface area contributed by atoms with Gasteiger partial charge in [0, 0.05) is 26.2 Å². The van der Waals surface area contributed by atoms with E-state index in [1.54, 1.807) is 24.3 Å². The first-order valence-electron chi connectivity index (χ1n) is 9.98. The van der Waals surface area contributed by atoms with Crippen molar-refractivity contribution in [3.63, 3.8) is 0 Å². The van der Waals surface area contributed by atoms with E-state index in [1.165, 1.54) is 29.6 Å². The number of aliphatic hydroxyl groups excluding tert-OH is 1. The van der Waals surface area contributed by atoms with Crippen LogP contribution in [0.5, 0.6) is 0 Å². The van der Waals surface area contributed by atoms with Crippen molar-refractivity contribution in [2.75, 3.05) is 39.4 Å². The lowest BCUT2D eigenvalue weighted by Gasteiger charge is -2.29. The summed E-state index contributed by atoms with van der Waals surface area (Å²) in [5.74, 6) is -0.613. The zero-order valence-corrected chi connectivity index (χ0v) is 16.5. The largest absolute Gasteiger partial charge is 0.503 e. The summed E-state index contributed by atoms with van der Waals surface area (Å²) >= 11 is 0. The maximum Gasteiger partial charge on any atom is 0.290 e. The highest BCUT2D eigenvalue weighted by Crippen LogP contribution is 2.38. The van der Waals surface area contributed by atoms with E-state index in [4.69, 9.17) is 13.6 Å². The molecule has 0 saturated carbocycles. The summed E-state index contributed by atoms with van der Waals surface area (Å²) in [5.41, 5.74) is 0.0177. The van der Waals surface area contributed by atoms with Crippen molar-refractivity contribution in [1.29, 1.82) is 0 Å². The molecular formula is C22H24N2O6. The molecule has 1 fully saturated rings. The van der Waals surface area contributed by atoms with Gasteiger partial charge in [-0.05, 0) is 42.8 Å². The van der Waals surface area contributed by atoms with Crippen molar-refractivity contribution in [2.24, 2.45) is 0 Å². The van der Waals surface area contributed by atoms with Crippen LogP contribution in [0, 0.1) is 0 Å². The van der Waals surface area contributed by atoms with Crippen LogP contribution in [0.1, 0.15) is 24.0 Å². The number of aliphatic hydroxyl groups is 1. The van der Waals surface area contributed by atoms with Gasteiger partial charge < -0.3 is 23.6 Å². The number of furan rings is 2. The highest BCUT2D eigenvalue weighted by Gasteiger charge is 2.44. The van der Waals surface area contributed by atoms with Gasteiger partial charge in [-0.3, -0.25) is 14.5 Å². The van der Waals surface area contributed by atoms with Gasteiger partial charge in [-0.2, -0.15) is 0 Å². The lowest BCUT2D eigenvalue weighted by atomic mass is 10.0. The second-order valence-electron chi connectivity index (χ2n) is 7.20. The van der Waals surface area contributed by atoms with E-state index in [-0.39, 0.29) is 5.57 Å². The number of nitrogens with zero attached hydrogens (tertiary/aromatic N) is 2. The van der Waals surface area contributed by atoms with Gasteiger partial charge in [-0.15, -0.1) is 0 Å². The number of morpholine rings is 1. The first-order valence-corrected chi connectivity index (χ1v) is 9.98. The number of carbonyl (C=O) groups excluding carboxylic acids is 2. The van der Waals surface area contributed by atoms with Gasteiger partial charge in [0.1, 0.15) is 17.6 Å². The summed E-state index contributed by atoms with van der Waals surface area (Å²) in [5, 5.41) is 10.5. The third-order valence-corrected chi connectivity index (χ3v) is 5.30. The van der Waals surface area contributed by atoms with Crippen molar-refractivity contribution in [3.8, 4) is 0 Å². The molecule has 0 aromatic carbocycles. The average Bonchev–Trinajstić information content (AvgIpc) is 3.51. The summed E-state index contributed by atoms with van der Waals surface area (Å²) < 4.78 is 16.1. The minimum atomic E-state index is -0.758. The summed E-state index contributed by atoms with van der Waals surface area (Å²) in [6, 6.07) is 6.06. The fourth-order valence-electron chi connectivity index (χ4n) is 3.80. The summed E-state index contributed by atoms with van der Waals surface area (Å²) in [6.07, 6.45) is 6.50. The van der Waals surface area contributed by atoms with Gasteiger partial charge in [-0.25, -0.2) is 0 Å². The molecule has 158 valence electrons. The molecule has 0 unspecified atom stereocenters. The zero-order chi connectivity index (χ0) is 20.9. The van der Waals surface area contributed by atoms with Crippen LogP contribution in [0.15, 0.2) is 63.0 Å². The van der Waals surface area contributed by atoms with Crippen molar-refractivity contribution in [3.05, 3.63) is 65.7 Å². The van der Waals surface area contributed by atoms with E-state index in [2.05, 4.69) is 4.90 Å². The number of ether oxygens (including phenoxy) is 1. The van der Waals surface area contributed by atoms with E-state index in [0.29, 0.717) is 37.7 Å². The van der Waals surface area contributed by atoms with Gasteiger partial charge in [0.2, 0.25) is 0 Å². The highest BCUT2D eigenvalue weighted by atomic mass is 16.5. The van der Waals surface area contributed by atoms with Crippen LogP contribution < -0.4 is 0 Å². The second-order valence-corrected chi connectivity index (χ2v) is 7.20. The summed E-state index contributed by atoms with van der Waals surface area (Å²) in [7, 11) is 0. The van der Waals surface area contributed by atoms with E-state index < -0.39 is 23.5 Å². The number of hydrogen-bond donors (Lipinski definition) is 1. The Kier molecular flexibility index (Phi) is 6.15. The number of ketones is 1. The molecule has 2 aromatic heterocycles. The van der Waals surface area contributed by atoms with Crippen LogP contribution in [0.25, 0.3) is 6.08 Å². The van der Waals surface area contributed by atoms with Gasteiger partial charge in [0.25, 0.3) is 5.91 Å². The van der Waals surface area contributed by atoms with Gasteiger partial charge in [-0.1, -0.05) is 0 Å². The Bertz CT molecular complexity index is 923. The van der Waals surface area contributed by atoms with Crippen LogP contribution in [-0.2, 0) is 14.3 Å². The first-order chi connectivity index (χ1) is 14.6. The van der Waals surface area contributed by atoms with Crippen LogP contribution >= 0.6 is 0 Å². The second kappa shape index (κ2) is 9.15. The summed E-state index contributed by atoms with van der Waals surface area (Å²) in [4.78, 5) is 29.4. The van der Waals surface area contributed by atoms with Crippen LogP contribution in [0.3, 0.4) is 0 Å². The van der Waals surface area contributed by atoms with E-state index in [1.807, 2.05) is 0 Å². The Morgan fingerprint density at radius 1 is 1.13 bits per heavy atom. The molecule has 4 rings (SSSR count). The Balaban J connectivity index is 1.51. The Hall–Kier alpha value is -3.10. The van der Waals surface area contributed by atoms with Crippen LogP contribution in [-0.4, -0.2) is 66.0 Å². The standard InChI is InChI=1S/C22H24N2O6/c25-17(7-6-16-4-1-12-29-16)19-20(18-5-2-13-30-18)24(22(27)21(19)26)9-3-8-23-10-14-28-15-11-23/h1-2,4-7,12-13,20,26H,3,8-11,14-15H2/b7-6+/t20-/m0/s1. The molecular weight excluding hydrogens is 388 g/mol. The number of carbonyl (C=O) groups is 2. The van der Waals surface area contributed by atoms with E-state index in [0.717, 1.165) is 19.6 Å². The molecule has 1 amide bonds. The molecule has 2 aliphatic rings. The van der Waals surface area contributed by atoms with E-state index in [9.17, 15) is 14.7 Å². The summed E-state index contributed by atoms with van der Waals surface area (Å²) in [6.45, 7) is 4.34. The van der Waals surface area contributed by atoms with Crippen LogP contribution in [0.2, 0.25) is 0 Å². The smallest absolute Gasteiger partial charge is 0.290 e. The molecule has 30 heavy (non-hydrogen) atoms. The number of allylic oxidation sites excluding steroid dienone is 1. The number of amides is 1. The molecule has 2 aromatic rings. The van der Waals surface area contributed by atoms with Crippen molar-refractivity contribution in [2.45, 2.75) is 12.5 Å². The molecule has 0 radical (unpaired) electrons. The third-order valence-electron chi connectivity index (χ3n) is 5.30. The average molecular weight is 412 g/mol. The fourth-order valence-corrected chi connectivity index (χ4v) is 3.80. The number of rotatable bonds is 8. The quantitative estimate of drug-likeness (QED) is 0.666. The first kappa shape index (κ1) is 20.2. The molecule has 1 N–H and O–H groups in total. The predicted molar refractivity (Wildman–Crippen MR) is 107 cm³/mol.